The lowest BCUT2D eigenvalue weighted by molar-refractivity contribution is 0.0602. The molecule has 0 aliphatic carbocycles. The lowest BCUT2D eigenvalue weighted by atomic mass is 10.0. The van der Waals surface area contributed by atoms with Gasteiger partial charge in [-0.15, -0.1) is 5.10 Å². The van der Waals surface area contributed by atoms with Gasteiger partial charge in [-0.05, 0) is 30.3 Å². The molecule has 0 spiro atoms. The van der Waals surface area contributed by atoms with E-state index in [0.717, 1.165) is 11.1 Å². The minimum atomic E-state index is -0.450. The quantitative estimate of drug-likeness (QED) is 0.494. The molecule has 0 saturated heterocycles. The van der Waals surface area contributed by atoms with Crippen LogP contribution in [0.3, 0.4) is 0 Å². The highest BCUT2D eigenvalue weighted by Gasteiger charge is 2.24. The van der Waals surface area contributed by atoms with Gasteiger partial charge in [0.2, 0.25) is 5.71 Å². The number of hydrogen-bond acceptors (Lipinski definition) is 7. The Morgan fingerprint density at radius 3 is 2.86 bits per heavy atom. The number of aromatic nitrogens is 5. The molecule has 4 aromatic heterocycles. The molecule has 0 aliphatic rings. The van der Waals surface area contributed by atoms with Crippen LogP contribution in [0.2, 0.25) is 0 Å². The standard InChI is InChI=1S/C14H11N5O3/c1-6-9-11(10(7(2)15-6)14(20)21-3)8-4-5-22-13(8)19-12(9)16-17-18-19/h4-5H,1-3H3. The molecule has 0 aromatic carbocycles. The van der Waals surface area contributed by atoms with E-state index in [1.165, 1.54) is 17.9 Å². The summed E-state index contributed by atoms with van der Waals surface area (Å²) < 4.78 is 11.9. The first-order chi connectivity index (χ1) is 10.6. The summed E-state index contributed by atoms with van der Waals surface area (Å²) in [5, 5.41) is 13.8. The predicted molar refractivity (Wildman–Crippen MR) is 76.7 cm³/mol. The van der Waals surface area contributed by atoms with Gasteiger partial charge in [0.05, 0.1) is 30.0 Å². The topological polar surface area (TPSA) is 95.4 Å². The van der Waals surface area contributed by atoms with E-state index in [-0.39, 0.29) is 0 Å². The van der Waals surface area contributed by atoms with Crippen molar-refractivity contribution in [2.75, 3.05) is 7.11 Å². The SMILES string of the molecule is COC(=O)c1c(C)nc(C)c2c1c1ccoc1n1nnnc21. The van der Waals surface area contributed by atoms with Crippen LogP contribution < -0.4 is 0 Å². The summed E-state index contributed by atoms with van der Waals surface area (Å²) in [6.07, 6.45) is 1.54. The number of aryl methyl sites for hydroxylation is 2. The molecule has 4 heterocycles. The van der Waals surface area contributed by atoms with Crippen LogP contribution in [0.1, 0.15) is 21.7 Å². The Morgan fingerprint density at radius 2 is 2.09 bits per heavy atom. The maximum Gasteiger partial charge on any atom is 0.340 e. The molecule has 0 radical (unpaired) electrons. The zero-order chi connectivity index (χ0) is 15.4. The highest BCUT2D eigenvalue weighted by molar-refractivity contribution is 6.19. The second-order valence-corrected chi connectivity index (χ2v) is 4.95. The van der Waals surface area contributed by atoms with Crippen LogP contribution in [0.25, 0.3) is 27.5 Å². The number of ether oxygens (including phenoxy) is 1. The zero-order valence-corrected chi connectivity index (χ0v) is 12.1. The van der Waals surface area contributed by atoms with Gasteiger partial charge in [-0.3, -0.25) is 4.98 Å². The largest absolute Gasteiger partial charge is 0.465 e. The van der Waals surface area contributed by atoms with Gasteiger partial charge in [0, 0.05) is 16.5 Å². The second-order valence-electron chi connectivity index (χ2n) is 4.95. The van der Waals surface area contributed by atoms with Gasteiger partial charge in [-0.25, -0.2) is 4.79 Å². The number of rotatable bonds is 1. The zero-order valence-electron chi connectivity index (χ0n) is 12.1. The number of hydrogen-bond donors (Lipinski definition) is 0. The van der Waals surface area contributed by atoms with Gasteiger partial charge in [-0.1, -0.05) is 0 Å². The number of furan rings is 1. The van der Waals surface area contributed by atoms with Crippen molar-refractivity contribution in [3.05, 3.63) is 29.3 Å². The average Bonchev–Trinajstić information content (AvgIpc) is 3.14. The van der Waals surface area contributed by atoms with Crippen LogP contribution in [0.4, 0.5) is 0 Å². The molecule has 22 heavy (non-hydrogen) atoms. The maximum atomic E-state index is 12.2. The van der Waals surface area contributed by atoms with Gasteiger partial charge in [0.15, 0.2) is 5.65 Å². The third-order valence-corrected chi connectivity index (χ3v) is 3.75. The summed E-state index contributed by atoms with van der Waals surface area (Å²) >= 11 is 0. The number of esters is 1. The van der Waals surface area contributed by atoms with Crippen molar-refractivity contribution in [1.29, 1.82) is 0 Å². The molecule has 0 N–H and O–H groups in total. The second kappa shape index (κ2) is 4.23. The molecule has 0 aliphatic heterocycles. The molecular formula is C14H11N5O3. The molecule has 4 aromatic rings. The molecule has 4 rings (SSSR count). The van der Waals surface area contributed by atoms with Crippen molar-refractivity contribution in [3.8, 4) is 0 Å². The van der Waals surface area contributed by atoms with E-state index >= 15 is 0 Å². The van der Waals surface area contributed by atoms with Crippen molar-refractivity contribution in [1.82, 2.24) is 25.0 Å². The Bertz CT molecular complexity index is 1060. The number of carbonyl (C=O) groups is 1. The van der Waals surface area contributed by atoms with Gasteiger partial charge >= 0.3 is 5.97 Å². The Morgan fingerprint density at radius 1 is 1.27 bits per heavy atom. The lowest BCUT2D eigenvalue weighted by Crippen LogP contribution is -2.09. The number of nitrogens with zero attached hydrogens (tertiary/aromatic N) is 5. The third-order valence-electron chi connectivity index (χ3n) is 3.75. The van der Waals surface area contributed by atoms with Crippen molar-refractivity contribution >= 4 is 33.5 Å². The summed E-state index contributed by atoms with van der Waals surface area (Å²) in [7, 11) is 1.34. The number of fused-ring (bicyclic) bond motifs is 6. The Kier molecular flexibility index (Phi) is 2.44. The summed E-state index contributed by atoms with van der Waals surface area (Å²) in [5.41, 5.74) is 2.70. The summed E-state index contributed by atoms with van der Waals surface area (Å²) in [6.45, 7) is 3.63. The molecule has 0 fully saturated rings. The van der Waals surface area contributed by atoms with Crippen LogP contribution in [-0.4, -0.2) is 38.1 Å². The molecular weight excluding hydrogens is 286 g/mol. The molecule has 0 saturated carbocycles. The summed E-state index contributed by atoms with van der Waals surface area (Å²) in [5.74, 6) is -0.450. The normalized spacial score (nSPS) is 11.6. The fourth-order valence-electron chi connectivity index (χ4n) is 2.88. The van der Waals surface area contributed by atoms with Crippen LogP contribution >= 0.6 is 0 Å². The first-order valence-corrected chi connectivity index (χ1v) is 6.60. The first kappa shape index (κ1) is 12.7. The fraction of sp³-hybridized carbons (Fsp3) is 0.214. The summed E-state index contributed by atoms with van der Waals surface area (Å²) in [4.78, 5) is 16.7. The van der Waals surface area contributed by atoms with Gasteiger partial charge in [0.1, 0.15) is 0 Å². The minimum Gasteiger partial charge on any atom is -0.465 e. The maximum absolute atomic E-state index is 12.2. The number of methoxy groups -OCH3 is 1. The van der Waals surface area contributed by atoms with E-state index in [4.69, 9.17) is 9.15 Å². The van der Waals surface area contributed by atoms with Gasteiger partial charge in [-0.2, -0.15) is 4.52 Å². The van der Waals surface area contributed by atoms with Crippen molar-refractivity contribution in [2.45, 2.75) is 13.8 Å². The molecule has 110 valence electrons. The summed E-state index contributed by atoms with van der Waals surface area (Å²) in [6, 6.07) is 1.78. The molecule has 0 bridgehead atoms. The Hall–Kier alpha value is -3.03. The number of carbonyl (C=O) groups excluding carboxylic acids is 1. The van der Waals surface area contributed by atoms with E-state index in [1.807, 2.05) is 6.92 Å². The van der Waals surface area contributed by atoms with Crippen molar-refractivity contribution in [3.63, 3.8) is 0 Å². The molecule has 8 nitrogen and oxygen atoms in total. The average molecular weight is 297 g/mol. The van der Waals surface area contributed by atoms with Crippen LogP contribution in [0.5, 0.6) is 0 Å². The Balaban J connectivity index is 2.40. The molecule has 0 unspecified atom stereocenters. The van der Waals surface area contributed by atoms with Crippen molar-refractivity contribution in [2.24, 2.45) is 0 Å². The molecule has 0 amide bonds. The van der Waals surface area contributed by atoms with Crippen molar-refractivity contribution < 1.29 is 13.9 Å². The van der Waals surface area contributed by atoms with Gasteiger partial charge in [0.25, 0.3) is 0 Å². The van der Waals surface area contributed by atoms with E-state index < -0.39 is 5.97 Å². The first-order valence-electron chi connectivity index (χ1n) is 6.60. The van der Waals surface area contributed by atoms with Crippen LogP contribution in [0.15, 0.2) is 16.7 Å². The van der Waals surface area contributed by atoms with E-state index in [2.05, 4.69) is 20.5 Å². The number of pyridine rings is 2. The van der Waals surface area contributed by atoms with Crippen LogP contribution in [-0.2, 0) is 4.74 Å². The highest BCUT2D eigenvalue weighted by atomic mass is 16.5. The van der Waals surface area contributed by atoms with E-state index in [1.54, 1.807) is 13.0 Å². The van der Waals surface area contributed by atoms with E-state index in [9.17, 15) is 4.79 Å². The third kappa shape index (κ3) is 1.43. The predicted octanol–water partition coefficient (Wildman–Crippen LogP) is 1.82. The Labute approximate surface area is 123 Å². The number of tetrazole rings is 1. The lowest BCUT2D eigenvalue weighted by Gasteiger charge is -2.11. The monoisotopic (exact) mass is 297 g/mol. The molecule has 0 atom stereocenters. The fourth-order valence-corrected chi connectivity index (χ4v) is 2.88. The highest BCUT2D eigenvalue weighted by Crippen LogP contribution is 2.34. The van der Waals surface area contributed by atoms with Gasteiger partial charge < -0.3 is 9.15 Å². The minimum absolute atomic E-state index is 0.403. The smallest absolute Gasteiger partial charge is 0.340 e. The van der Waals surface area contributed by atoms with Crippen LogP contribution in [0, 0.1) is 13.8 Å². The van der Waals surface area contributed by atoms with E-state index in [0.29, 0.717) is 33.4 Å². The molecule has 8 heteroatoms.